The summed E-state index contributed by atoms with van der Waals surface area (Å²) < 4.78 is 0. The molecule has 0 bridgehead atoms. The van der Waals surface area contributed by atoms with Crippen LogP contribution in [0, 0.1) is 0 Å². The van der Waals surface area contributed by atoms with Crippen molar-refractivity contribution in [3.63, 3.8) is 0 Å². The molecule has 1 atom stereocenters. The Morgan fingerprint density at radius 2 is 1.74 bits per heavy atom. The molecule has 0 radical (unpaired) electrons. The van der Waals surface area contributed by atoms with E-state index in [4.69, 9.17) is 0 Å². The van der Waals surface area contributed by atoms with E-state index in [-0.39, 0.29) is 11.1 Å². The van der Waals surface area contributed by atoms with E-state index in [0.717, 1.165) is 5.56 Å². The van der Waals surface area contributed by atoms with Crippen LogP contribution in [-0.2, 0) is 10.2 Å². The SMILES string of the molecule is CC(C)(C)c1ccc(C(=O)N[C@H](C(=O)O)c2ccccc2)nc1. The molecule has 1 aromatic heterocycles. The molecule has 2 rings (SSSR count). The van der Waals surface area contributed by atoms with E-state index in [0.29, 0.717) is 5.56 Å². The van der Waals surface area contributed by atoms with Gasteiger partial charge in [0.2, 0.25) is 0 Å². The van der Waals surface area contributed by atoms with Gasteiger partial charge in [0, 0.05) is 6.20 Å². The van der Waals surface area contributed by atoms with Crippen molar-refractivity contribution < 1.29 is 14.7 Å². The Bertz CT molecular complexity index is 688. The number of carboxylic acids is 1. The van der Waals surface area contributed by atoms with Crippen molar-refractivity contribution in [2.45, 2.75) is 32.2 Å². The number of carboxylic acid groups (broad SMARTS) is 1. The molecule has 0 saturated heterocycles. The lowest BCUT2D eigenvalue weighted by molar-refractivity contribution is -0.139. The van der Waals surface area contributed by atoms with Gasteiger partial charge in [0.05, 0.1) is 0 Å². The number of aromatic nitrogens is 1. The van der Waals surface area contributed by atoms with Gasteiger partial charge in [0.15, 0.2) is 6.04 Å². The summed E-state index contributed by atoms with van der Waals surface area (Å²) in [4.78, 5) is 27.8. The molecule has 1 heterocycles. The highest BCUT2D eigenvalue weighted by Gasteiger charge is 2.23. The van der Waals surface area contributed by atoms with Gasteiger partial charge in [-0.2, -0.15) is 0 Å². The fourth-order valence-electron chi connectivity index (χ4n) is 2.11. The molecule has 23 heavy (non-hydrogen) atoms. The quantitative estimate of drug-likeness (QED) is 0.909. The van der Waals surface area contributed by atoms with Crippen molar-refractivity contribution in [3.05, 3.63) is 65.5 Å². The van der Waals surface area contributed by atoms with Gasteiger partial charge >= 0.3 is 5.97 Å². The average molecular weight is 312 g/mol. The van der Waals surface area contributed by atoms with Gasteiger partial charge in [-0.3, -0.25) is 9.78 Å². The van der Waals surface area contributed by atoms with E-state index >= 15 is 0 Å². The number of pyridine rings is 1. The molecule has 0 unspecified atom stereocenters. The molecule has 0 spiro atoms. The molecule has 2 N–H and O–H groups in total. The van der Waals surface area contributed by atoms with Gasteiger partial charge < -0.3 is 10.4 Å². The molecule has 0 fully saturated rings. The number of rotatable bonds is 4. The van der Waals surface area contributed by atoms with Crippen LogP contribution in [0.1, 0.15) is 48.4 Å². The monoisotopic (exact) mass is 312 g/mol. The van der Waals surface area contributed by atoms with Crippen molar-refractivity contribution in [2.75, 3.05) is 0 Å². The van der Waals surface area contributed by atoms with Crippen LogP contribution in [-0.4, -0.2) is 22.0 Å². The molecule has 0 aliphatic carbocycles. The minimum absolute atomic E-state index is 0.0599. The number of nitrogens with zero attached hydrogens (tertiary/aromatic N) is 1. The maximum absolute atomic E-state index is 12.3. The van der Waals surface area contributed by atoms with Crippen LogP contribution in [0.5, 0.6) is 0 Å². The summed E-state index contributed by atoms with van der Waals surface area (Å²) in [5.74, 6) is -1.63. The van der Waals surface area contributed by atoms with Crippen LogP contribution in [0.25, 0.3) is 0 Å². The van der Waals surface area contributed by atoms with Crippen molar-refractivity contribution in [2.24, 2.45) is 0 Å². The van der Waals surface area contributed by atoms with Crippen molar-refractivity contribution in [1.82, 2.24) is 10.3 Å². The van der Waals surface area contributed by atoms with E-state index in [1.165, 1.54) is 0 Å². The standard InChI is InChI=1S/C18H20N2O3/c1-18(2,3)13-9-10-14(19-11-13)16(21)20-15(17(22)23)12-7-5-4-6-8-12/h4-11,15H,1-3H3,(H,20,21)(H,22,23)/t15-/m0/s1. The third-order valence-corrected chi connectivity index (χ3v) is 3.52. The normalized spacial score (nSPS) is 12.5. The summed E-state index contributed by atoms with van der Waals surface area (Å²) in [5.41, 5.74) is 1.65. The topological polar surface area (TPSA) is 79.3 Å². The van der Waals surface area contributed by atoms with Gasteiger partial charge in [-0.05, 0) is 22.6 Å². The molecule has 5 heteroatoms. The first-order valence-electron chi connectivity index (χ1n) is 7.34. The maximum atomic E-state index is 12.3. The Morgan fingerprint density at radius 3 is 2.22 bits per heavy atom. The number of carbonyl (C=O) groups excluding carboxylic acids is 1. The second kappa shape index (κ2) is 6.60. The van der Waals surface area contributed by atoms with Crippen LogP contribution in [0.4, 0.5) is 0 Å². The van der Waals surface area contributed by atoms with E-state index in [9.17, 15) is 14.7 Å². The molecule has 0 saturated carbocycles. The molecule has 120 valence electrons. The highest BCUT2D eigenvalue weighted by Crippen LogP contribution is 2.21. The van der Waals surface area contributed by atoms with Crippen molar-refractivity contribution in [1.29, 1.82) is 0 Å². The van der Waals surface area contributed by atoms with Gasteiger partial charge in [-0.15, -0.1) is 0 Å². The number of nitrogens with one attached hydrogen (secondary N) is 1. The second-order valence-electron chi connectivity index (χ2n) is 6.34. The summed E-state index contributed by atoms with van der Waals surface area (Å²) in [5, 5.41) is 11.8. The molecular formula is C18H20N2O3. The fraction of sp³-hybridized carbons (Fsp3) is 0.278. The highest BCUT2D eigenvalue weighted by molar-refractivity contribution is 5.95. The molecule has 0 aliphatic heterocycles. The summed E-state index contributed by atoms with van der Waals surface area (Å²) in [6.07, 6.45) is 1.65. The number of hydrogen-bond acceptors (Lipinski definition) is 3. The number of carbonyl (C=O) groups is 2. The predicted molar refractivity (Wildman–Crippen MR) is 87.2 cm³/mol. The summed E-state index contributed by atoms with van der Waals surface area (Å²) in [7, 11) is 0. The first-order valence-corrected chi connectivity index (χ1v) is 7.34. The van der Waals surface area contributed by atoms with Gasteiger partial charge in [-0.1, -0.05) is 57.2 Å². The average Bonchev–Trinajstić information content (AvgIpc) is 2.52. The number of aliphatic carboxylic acids is 1. The second-order valence-corrected chi connectivity index (χ2v) is 6.34. The Balaban J connectivity index is 2.18. The summed E-state index contributed by atoms with van der Waals surface area (Å²) in [6, 6.07) is 10.9. The van der Waals surface area contributed by atoms with Gasteiger partial charge in [0.25, 0.3) is 5.91 Å². The minimum atomic E-state index is -1.11. The lowest BCUT2D eigenvalue weighted by Gasteiger charge is -2.19. The van der Waals surface area contributed by atoms with E-state index in [2.05, 4.69) is 31.1 Å². The van der Waals surface area contributed by atoms with Crippen LogP contribution in [0.2, 0.25) is 0 Å². The fourth-order valence-corrected chi connectivity index (χ4v) is 2.11. The van der Waals surface area contributed by atoms with Crippen LogP contribution >= 0.6 is 0 Å². The Hall–Kier alpha value is -2.69. The maximum Gasteiger partial charge on any atom is 0.330 e. The van der Waals surface area contributed by atoms with Crippen molar-refractivity contribution >= 4 is 11.9 Å². The zero-order valence-corrected chi connectivity index (χ0v) is 13.4. The zero-order chi connectivity index (χ0) is 17.0. The van der Waals surface area contributed by atoms with Gasteiger partial charge in [0.1, 0.15) is 5.69 Å². The first-order chi connectivity index (χ1) is 10.8. The molecular weight excluding hydrogens is 292 g/mol. The third-order valence-electron chi connectivity index (χ3n) is 3.52. The van der Waals surface area contributed by atoms with E-state index < -0.39 is 17.9 Å². The number of hydrogen-bond donors (Lipinski definition) is 2. The minimum Gasteiger partial charge on any atom is -0.479 e. The van der Waals surface area contributed by atoms with Gasteiger partial charge in [-0.25, -0.2) is 4.79 Å². The molecule has 5 nitrogen and oxygen atoms in total. The summed E-state index contributed by atoms with van der Waals surface area (Å²) in [6.45, 7) is 6.17. The lowest BCUT2D eigenvalue weighted by Crippen LogP contribution is -2.34. The Labute approximate surface area is 135 Å². The molecule has 1 amide bonds. The molecule has 0 aliphatic rings. The number of amides is 1. The molecule has 1 aromatic carbocycles. The van der Waals surface area contributed by atoms with Crippen LogP contribution < -0.4 is 5.32 Å². The highest BCUT2D eigenvalue weighted by atomic mass is 16.4. The largest absolute Gasteiger partial charge is 0.479 e. The van der Waals surface area contributed by atoms with E-state index in [1.807, 2.05) is 6.07 Å². The predicted octanol–water partition coefficient (Wildman–Crippen LogP) is 2.93. The van der Waals surface area contributed by atoms with Crippen LogP contribution in [0.15, 0.2) is 48.7 Å². The third kappa shape index (κ3) is 4.16. The smallest absolute Gasteiger partial charge is 0.330 e. The van der Waals surface area contributed by atoms with E-state index in [1.54, 1.807) is 42.6 Å². The molecule has 2 aromatic rings. The Morgan fingerprint density at radius 1 is 1.09 bits per heavy atom. The number of benzene rings is 1. The van der Waals surface area contributed by atoms with Crippen LogP contribution in [0.3, 0.4) is 0 Å². The summed E-state index contributed by atoms with van der Waals surface area (Å²) >= 11 is 0. The lowest BCUT2D eigenvalue weighted by atomic mass is 9.88. The Kier molecular flexibility index (Phi) is 4.79. The first kappa shape index (κ1) is 16.7. The zero-order valence-electron chi connectivity index (χ0n) is 13.4. The van der Waals surface area contributed by atoms with Crippen molar-refractivity contribution in [3.8, 4) is 0 Å².